The van der Waals surface area contributed by atoms with Crippen molar-refractivity contribution in [3.05, 3.63) is 58.6 Å². The van der Waals surface area contributed by atoms with E-state index in [0.717, 1.165) is 30.6 Å². The fourth-order valence-corrected chi connectivity index (χ4v) is 5.37. The van der Waals surface area contributed by atoms with Crippen molar-refractivity contribution < 1.29 is 18.1 Å². The van der Waals surface area contributed by atoms with Crippen molar-refractivity contribution in [2.75, 3.05) is 24.2 Å². The van der Waals surface area contributed by atoms with Gasteiger partial charge in [-0.2, -0.15) is 4.31 Å². The predicted octanol–water partition coefficient (Wildman–Crippen LogP) is 3.89. The summed E-state index contributed by atoms with van der Waals surface area (Å²) in [6.45, 7) is 1.08. The second-order valence-corrected chi connectivity index (χ2v) is 9.92. The highest BCUT2D eigenvalue weighted by Crippen LogP contribution is 2.23. The molecule has 0 aromatic heterocycles. The summed E-state index contributed by atoms with van der Waals surface area (Å²) in [4.78, 5) is 23.3. The van der Waals surface area contributed by atoms with Gasteiger partial charge in [0.1, 0.15) is 0 Å². The highest BCUT2D eigenvalue weighted by Gasteiger charge is 2.25. The molecule has 1 saturated heterocycles. The summed E-state index contributed by atoms with van der Waals surface area (Å²) < 4.78 is 27.1. The third-order valence-corrected chi connectivity index (χ3v) is 7.68. The number of carbonyl (C=O) groups excluding carboxylic acids is 1. The molecule has 0 saturated carbocycles. The Balaban J connectivity index is 1.55. The minimum absolute atomic E-state index is 0.000908. The zero-order valence-corrected chi connectivity index (χ0v) is 18.0. The van der Waals surface area contributed by atoms with Gasteiger partial charge in [-0.05, 0) is 49.2 Å². The summed E-state index contributed by atoms with van der Waals surface area (Å²) in [5, 5.41) is 13.4. The minimum Gasteiger partial charge on any atom is -0.325 e. The van der Waals surface area contributed by atoms with E-state index >= 15 is 0 Å². The smallest absolute Gasteiger partial charge is 0.269 e. The van der Waals surface area contributed by atoms with Gasteiger partial charge >= 0.3 is 0 Å². The van der Waals surface area contributed by atoms with Crippen molar-refractivity contribution in [1.82, 2.24) is 4.31 Å². The number of nitro benzene ring substituents is 1. The minimum atomic E-state index is -3.52. The van der Waals surface area contributed by atoms with Crippen LogP contribution in [0, 0.1) is 10.1 Å². The SMILES string of the molecule is O=C(CSc1ccc([N+](=O)[O-])cc1)Nc1ccc(S(=O)(=O)N2CCCCCC2)cc1. The first-order valence-corrected chi connectivity index (χ1v) is 12.1. The maximum Gasteiger partial charge on any atom is 0.269 e. The van der Waals surface area contributed by atoms with E-state index in [1.54, 1.807) is 24.3 Å². The standard InChI is InChI=1S/C20H23N3O5S2/c24-20(15-29-18-9-7-17(8-10-18)23(25)26)21-16-5-11-19(12-6-16)30(27,28)22-13-3-1-2-4-14-22/h5-12H,1-4,13-15H2,(H,21,24). The normalized spacial score (nSPS) is 15.3. The number of carbonyl (C=O) groups is 1. The van der Waals surface area contributed by atoms with Crippen LogP contribution in [-0.4, -0.2) is 42.4 Å². The number of nitrogens with zero attached hydrogens (tertiary/aromatic N) is 2. The molecule has 2 aromatic rings. The molecule has 1 N–H and O–H groups in total. The molecule has 2 aromatic carbocycles. The Hall–Kier alpha value is -2.43. The van der Waals surface area contributed by atoms with Crippen LogP contribution in [0.4, 0.5) is 11.4 Å². The molecule has 0 spiro atoms. The number of anilines is 1. The van der Waals surface area contributed by atoms with Gasteiger partial charge in [-0.1, -0.05) is 12.8 Å². The lowest BCUT2D eigenvalue weighted by molar-refractivity contribution is -0.384. The number of nitro groups is 1. The lowest BCUT2D eigenvalue weighted by Gasteiger charge is -2.20. The van der Waals surface area contributed by atoms with E-state index in [4.69, 9.17) is 0 Å². The van der Waals surface area contributed by atoms with Crippen LogP contribution >= 0.6 is 11.8 Å². The topological polar surface area (TPSA) is 110 Å². The Morgan fingerprint density at radius 1 is 1.00 bits per heavy atom. The van der Waals surface area contributed by atoms with Gasteiger partial charge in [0.15, 0.2) is 0 Å². The summed E-state index contributed by atoms with van der Waals surface area (Å²) in [5.74, 6) is -0.118. The predicted molar refractivity (Wildman–Crippen MR) is 116 cm³/mol. The number of nitrogens with one attached hydrogen (secondary N) is 1. The molecule has 0 atom stereocenters. The van der Waals surface area contributed by atoms with Crippen molar-refractivity contribution in [3.63, 3.8) is 0 Å². The van der Waals surface area contributed by atoms with Crippen LogP contribution in [0.3, 0.4) is 0 Å². The third-order valence-electron chi connectivity index (χ3n) is 4.76. The Kier molecular flexibility index (Phi) is 7.46. The lowest BCUT2D eigenvalue weighted by Crippen LogP contribution is -2.31. The fraction of sp³-hybridized carbons (Fsp3) is 0.350. The average molecular weight is 450 g/mol. The van der Waals surface area contributed by atoms with Gasteiger partial charge in [0, 0.05) is 35.8 Å². The number of hydrogen-bond acceptors (Lipinski definition) is 6. The summed E-state index contributed by atoms with van der Waals surface area (Å²) in [5.41, 5.74) is 0.512. The molecule has 30 heavy (non-hydrogen) atoms. The quantitative estimate of drug-likeness (QED) is 0.390. The maximum atomic E-state index is 12.8. The van der Waals surface area contributed by atoms with E-state index in [0.29, 0.717) is 18.8 Å². The van der Waals surface area contributed by atoms with Gasteiger partial charge in [-0.25, -0.2) is 8.42 Å². The highest BCUT2D eigenvalue weighted by molar-refractivity contribution is 8.00. The highest BCUT2D eigenvalue weighted by atomic mass is 32.2. The van der Waals surface area contributed by atoms with Gasteiger partial charge in [-0.15, -0.1) is 11.8 Å². The molecule has 1 aliphatic rings. The first kappa shape index (κ1) is 22.3. The van der Waals surface area contributed by atoms with Gasteiger partial charge < -0.3 is 5.32 Å². The molecule has 160 valence electrons. The van der Waals surface area contributed by atoms with E-state index in [2.05, 4.69) is 5.32 Å². The molecule has 0 aliphatic carbocycles. The van der Waals surface area contributed by atoms with Gasteiger partial charge in [0.2, 0.25) is 15.9 Å². The van der Waals surface area contributed by atoms with Crippen molar-refractivity contribution in [2.45, 2.75) is 35.5 Å². The molecule has 0 bridgehead atoms. The second-order valence-electron chi connectivity index (χ2n) is 6.93. The van der Waals surface area contributed by atoms with Gasteiger partial charge in [0.25, 0.3) is 5.69 Å². The Bertz CT molecular complexity index is 984. The van der Waals surface area contributed by atoms with Crippen LogP contribution < -0.4 is 5.32 Å². The van der Waals surface area contributed by atoms with Crippen LogP contribution in [0.15, 0.2) is 58.3 Å². The number of sulfonamides is 1. The maximum absolute atomic E-state index is 12.8. The Morgan fingerprint density at radius 3 is 2.17 bits per heavy atom. The van der Waals surface area contributed by atoms with Crippen LogP contribution in [0.5, 0.6) is 0 Å². The number of amides is 1. The van der Waals surface area contributed by atoms with Crippen LogP contribution in [0.1, 0.15) is 25.7 Å². The molecular formula is C20H23N3O5S2. The summed E-state index contributed by atoms with van der Waals surface area (Å²) in [6.07, 6.45) is 3.85. The van der Waals surface area contributed by atoms with Crippen LogP contribution in [-0.2, 0) is 14.8 Å². The van der Waals surface area contributed by atoms with E-state index in [-0.39, 0.29) is 22.2 Å². The number of hydrogen-bond donors (Lipinski definition) is 1. The summed E-state index contributed by atoms with van der Waals surface area (Å²) in [6, 6.07) is 12.2. The molecule has 1 amide bonds. The zero-order valence-electron chi connectivity index (χ0n) is 16.3. The van der Waals surface area contributed by atoms with Crippen molar-refractivity contribution in [2.24, 2.45) is 0 Å². The van der Waals surface area contributed by atoms with Crippen LogP contribution in [0.25, 0.3) is 0 Å². The van der Waals surface area contributed by atoms with Crippen LogP contribution in [0.2, 0.25) is 0 Å². The van der Waals surface area contributed by atoms with Gasteiger partial charge in [0.05, 0.1) is 15.6 Å². The third kappa shape index (κ3) is 5.80. The molecule has 1 aliphatic heterocycles. The van der Waals surface area contributed by atoms with Crippen molar-refractivity contribution >= 4 is 39.1 Å². The number of benzene rings is 2. The fourth-order valence-electron chi connectivity index (χ4n) is 3.15. The lowest BCUT2D eigenvalue weighted by atomic mass is 10.2. The molecule has 10 heteroatoms. The first-order chi connectivity index (χ1) is 14.4. The molecule has 1 fully saturated rings. The average Bonchev–Trinajstić information content (AvgIpc) is 3.03. The summed E-state index contributed by atoms with van der Waals surface area (Å²) in [7, 11) is -3.52. The van der Waals surface area contributed by atoms with Crippen molar-refractivity contribution in [1.29, 1.82) is 0 Å². The molecule has 1 heterocycles. The van der Waals surface area contributed by atoms with E-state index in [9.17, 15) is 23.3 Å². The number of rotatable bonds is 7. The molecule has 3 rings (SSSR count). The molecular weight excluding hydrogens is 426 g/mol. The number of thioether (sulfide) groups is 1. The van der Waals surface area contributed by atoms with E-state index < -0.39 is 14.9 Å². The zero-order chi connectivity index (χ0) is 21.6. The largest absolute Gasteiger partial charge is 0.325 e. The molecule has 8 nitrogen and oxygen atoms in total. The Morgan fingerprint density at radius 2 is 1.60 bits per heavy atom. The van der Waals surface area contributed by atoms with Gasteiger partial charge in [-0.3, -0.25) is 14.9 Å². The van der Waals surface area contributed by atoms with Crippen molar-refractivity contribution in [3.8, 4) is 0 Å². The Labute approximate surface area is 179 Å². The molecule has 0 unspecified atom stereocenters. The monoisotopic (exact) mass is 449 g/mol. The van der Waals surface area contributed by atoms with E-state index in [1.165, 1.54) is 40.3 Å². The second kappa shape index (κ2) is 10.1. The van der Waals surface area contributed by atoms with E-state index in [1.807, 2.05) is 0 Å². The first-order valence-electron chi connectivity index (χ1n) is 9.63. The number of non-ortho nitro benzene ring substituents is 1. The molecule has 0 radical (unpaired) electrons. The summed E-state index contributed by atoms with van der Waals surface area (Å²) >= 11 is 1.26.